The lowest BCUT2D eigenvalue weighted by Gasteiger charge is -2.58. The van der Waals surface area contributed by atoms with Crippen LogP contribution in [0, 0.1) is 46.3 Å². The van der Waals surface area contributed by atoms with Crippen LogP contribution in [0.4, 0.5) is 26.3 Å². The number of rotatable bonds is 7. The number of esters is 1. The topological polar surface area (TPSA) is 132 Å². The lowest BCUT2D eigenvalue weighted by Crippen LogP contribution is -2.63. The van der Waals surface area contributed by atoms with E-state index in [2.05, 4.69) is 11.7 Å². The van der Waals surface area contributed by atoms with Gasteiger partial charge in [-0.15, -0.1) is 0 Å². The Kier molecular flexibility index (Phi) is 8.50. The molecule has 1 N–H and O–H groups in total. The first-order valence-corrected chi connectivity index (χ1v) is 16.0. The van der Waals surface area contributed by atoms with Gasteiger partial charge in [0.05, 0.1) is 0 Å². The van der Waals surface area contributed by atoms with Gasteiger partial charge in [-0.3, -0.25) is 23.7 Å². The Morgan fingerprint density at radius 3 is 2.16 bits per heavy atom. The Balaban J connectivity index is 1.51. The predicted molar refractivity (Wildman–Crippen MR) is 137 cm³/mol. The molecule has 0 amide bonds. The molecule has 0 aliphatic heterocycles. The first-order valence-electron chi connectivity index (χ1n) is 14.4. The van der Waals surface area contributed by atoms with Gasteiger partial charge in [0, 0.05) is 43.4 Å². The standard InChI is InChI=1S/C28H36F6O8S/c1-14(4-7-22(38)42-26(27(29,30)31,28(32,33)34)13-43(39,40)41)17-5-6-18-23-19(12-21(37)25(17,18)3)24(2)9-8-16(35)10-15(24)11-20(23)36/h14-15,17-19,23H,4-13H2,1-3H3,(H,39,40,41)/t14?,15?,17?,18?,19?,23?,24?,25-/m0/s1. The first kappa shape index (κ1) is 33.9. The normalized spacial score (nSPS) is 36.0. The van der Waals surface area contributed by atoms with E-state index in [-0.39, 0.29) is 59.8 Å². The molecule has 4 aliphatic carbocycles. The van der Waals surface area contributed by atoms with Gasteiger partial charge in [-0.05, 0) is 60.7 Å². The smallest absolute Gasteiger partial charge is 0.438 e. The Morgan fingerprint density at radius 2 is 1.60 bits per heavy atom. The summed E-state index contributed by atoms with van der Waals surface area (Å²) in [4.78, 5) is 51.8. The van der Waals surface area contributed by atoms with Gasteiger partial charge < -0.3 is 4.74 Å². The largest absolute Gasteiger partial charge is 0.438 e. The Morgan fingerprint density at radius 1 is 1.00 bits per heavy atom. The highest BCUT2D eigenvalue weighted by Crippen LogP contribution is 2.66. The third kappa shape index (κ3) is 5.65. The maximum Gasteiger partial charge on any atom is 0.438 e. The number of ketones is 3. The van der Waals surface area contributed by atoms with E-state index in [1.165, 1.54) is 0 Å². The maximum absolute atomic E-state index is 13.8. The summed E-state index contributed by atoms with van der Waals surface area (Å²) in [6.45, 7) is 5.42. The van der Waals surface area contributed by atoms with Crippen LogP contribution in [0.25, 0.3) is 0 Å². The van der Waals surface area contributed by atoms with E-state index in [4.69, 9.17) is 4.55 Å². The second-order valence-corrected chi connectivity index (χ2v) is 14.9. The van der Waals surface area contributed by atoms with Crippen LogP contribution in [0.3, 0.4) is 0 Å². The summed E-state index contributed by atoms with van der Waals surface area (Å²) in [6.07, 6.45) is -11.4. The van der Waals surface area contributed by atoms with Crippen molar-refractivity contribution in [2.45, 2.75) is 96.5 Å². The van der Waals surface area contributed by atoms with Gasteiger partial charge in [0.25, 0.3) is 10.1 Å². The first-order chi connectivity index (χ1) is 19.5. The molecule has 244 valence electrons. The minimum atomic E-state index is -6.41. The van der Waals surface area contributed by atoms with E-state index in [0.717, 1.165) is 0 Å². The van der Waals surface area contributed by atoms with E-state index in [1.54, 1.807) is 13.8 Å². The van der Waals surface area contributed by atoms with Crippen molar-refractivity contribution >= 4 is 33.4 Å². The zero-order valence-electron chi connectivity index (χ0n) is 24.0. The molecule has 0 aromatic rings. The zero-order valence-corrected chi connectivity index (χ0v) is 24.8. The summed E-state index contributed by atoms with van der Waals surface area (Å²) >= 11 is 0. The quantitative estimate of drug-likeness (QED) is 0.225. The van der Waals surface area contributed by atoms with Gasteiger partial charge in [0.15, 0.2) is 0 Å². The fourth-order valence-electron chi connectivity index (χ4n) is 8.91. The molecule has 0 radical (unpaired) electrons. The number of carbonyl (C=O) groups is 4. The Bertz CT molecular complexity index is 1280. The van der Waals surface area contributed by atoms with E-state index >= 15 is 0 Å². The molecule has 0 aromatic carbocycles. The lowest BCUT2D eigenvalue weighted by atomic mass is 9.44. The van der Waals surface area contributed by atoms with E-state index in [0.29, 0.717) is 32.1 Å². The van der Waals surface area contributed by atoms with Crippen LogP contribution in [0.2, 0.25) is 0 Å². The number of carbonyl (C=O) groups excluding carboxylic acids is 4. The molecule has 4 saturated carbocycles. The van der Waals surface area contributed by atoms with Crippen molar-refractivity contribution in [3.05, 3.63) is 0 Å². The Hall–Kier alpha value is -2.03. The third-order valence-electron chi connectivity index (χ3n) is 11.3. The molecule has 0 aromatic heterocycles. The molecule has 8 atom stereocenters. The maximum atomic E-state index is 13.8. The minimum Gasteiger partial charge on any atom is -0.438 e. The average Bonchev–Trinajstić information content (AvgIpc) is 3.20. The summed E-state index contributed by atoms with van der Waals surface area (Å²) in [7, 11) is -5.89. The molecule has 4 aliphatic rings. The second kappa shape index (κ2) is 10.8. The molecule has 0 spiro atoms. The van der Waals surface area contributed by atoms with Crippen molar-refractivity contribution in [1.82, 2.24) is 0 Å². The highest BCUT2D eigenvalue weighted by molar-refractivity contribution is 7.85. The van der Waals surface area contributed by atoms with Crippen LogP contribution < -0.4 is 0 Å². The fraction of sp³-hybridized carbons (Fsp3) is 0.857. The minimum absolute atomic E-state index is 0.0113. The highest BCUT2D eigenvalue weighted by Gasteiger charge is 2.76. The number of halogens is 6. The molecule has 15 heteroatoms. The molecule has 4 rings (SSSR count). The van der Waals surface area contributed by atoms with Crippen molar-refractivity contribution in [3.63, 3.8) is 0 Å². The van der Waals surface area contributed by atoms with Crippen molar-refractivity contribution in [2.75, 3.05) is 5.75 Å². The number of alkyl halides is 6. The summed E-state index contributed by atoms with van der Waals surface area (Å²) in [5, 5.41) is 0. The number of Topliss-reactive ketones (excluding diaryl/α,β-unsaturated/α-hetero) is 3. The van der Waals surface area contributed by atoms with Crippen molar-refractivity contribution < 1.29 is 63.2 Å². The number of ether oxygens (including phenoxy) is 1. The molecule has 7 unspecified atom stereocenters. The monoisotopic (exact) mass is 646 g/mol. The molecular weight excluding hydrogens is 610 g/mol. The molecule has 8 nitrogen and oxygen atoms in total. The van der Waals surface area contributed by atoms with Gasteiger partial charge in [0.1, 0.15) is 23.1 Å². The van der Waals surface area contributed by atoms with Gasteiger partial charge in [-0.1, -0.05) is 20.8 Å². The Labute approximate surface area is 245 Å². The summed E-state index contributed by atoms with van der Waals surface area (Å²) in [5.41, 5.74) is -6.81. The van der Waals surface area contributed by atoms with Crippen molar-refractivity contribution in [3.8, 4) is 0 Å². The number of hydrogen-bond acceptors (Lipinski definition) is 7. The van der Waals surface area contributed by atoms with Crippen LogP contribution in [0.1, 0.15) is 78.6 Å². The average molecular weight is 647 g/mol. The van der Waals surface area contributed by atoms with Crippen molar-refractivity contribution in [2.24, 2.45) is 46.3 Å². The molecular formula is C28H36F6O8S. The summed E-state index contributed by atoms with van der Waals surface area (Å²) in [6, 6.07) is 0. The van der Waals surface area contributed by atoms with Gasteiger partial charge in [0.2, 0.25) is 0 Å². The molecule has 0 bridgehead atoms. The summed E-state index contributed by atoms with van der Waals surface area (Å²) < 4.78 is 116. The number of hydrogen-bond donors (Lipinski definition) is 1. The highest BCUT2D eigenvalue weighted by atomic mass is 32.2. The molecule has 43 heavy (non-hydrogen) atoms. The SMILES string of the molecule is CC(CCC(=O)OC(CS(=O)(=O)O)(C(F)(F)F)C(F)(F)F)C1CCC2C3C(=O)CC4CC(=O)CCC4(C)C3CC(=O)[C@@]12C. The van der Waals surface area contributed by atoms with E-state index < -0.39 is 69.4 Å². The fourth-order valence-corrected chi connectivity index (χ4v) is 9.81. The number of fused-ring (bicyclic) bond motifs is 5. The zero-order chi connectivity index (χ0) is 32.6. The molecule has 4 fully saturated rings. The predicted octanol–water partition coefficient (Wildman–Crippen LogP) is 5.28. The molecule has 0 heterocycles. The van der Waals surface area contributed by atoms with Crippen LogP contribution >= 0.6 is 0 Å². The van der Waals surface area contributed by atoms with E-state index in [1.807, 2.05) is 0 Å². The van der Waals surface area contributed by atoms with Crippen LogP contribution in [-0.2, 0) is 34.0 Å². The van der Waals surface area contributed by atoms with Gasteiger partial charge >= 0.3 is 23.9 Å². The van der Waals surface area contributed by atoms with E-state index in [9.17, 15) is 53.9 Å². The molecule has 0 saturated heterocycles. The van der Waals surface area contributed by atoms with Gasteiger partial charge in [-0.25, -0.2) is 0 Å². The van der Waals surface area contributed by atoms with Gasteiger partial charge in [-0.2, -0.15) is 34.8 Å². The van der Waals surface area contributed by atoms with Crippen LogP contribution in [0.15, 0.2) is 0 Å². The second-order valence-electron chi connectivity index (χ2n) is 13.5. The third-order valence-corrected chi connectivity index (χ3v) is 12.1. The van der Waals surface area contributed by atoms with Crippen molar-refractivity contribution in [1.29, 1.82) is 0 Å². The summed E-state index contributed by atoms with van der Waals surface area (Å²) in [5.74, 6) is -6.91. The van der Waals surface area contributed by atoms with Crippen LogP contribution in [0.5, 0.6) is 0 Å². The lowest BCUT2D eigenvalue weighted by molar-refractivity contribution is -0.361. The van der Waals surface area contributed by atoms with Crippen LogP contribution in [-0.4, -0.2) is 60.0 Å².